The highest BCUT2D eigenvalue weighted by atomic mass is 16.8. The Bertz CT molecular complexity index is 1730. The van der Waals surface area contributed by atoms with E-state index < -0.39 is 229 Å². The Hall–Kier alpha value is -2.18. The third-order valence-corrected chi connectivity index (χ3v) is 13.2. The molecule has 0 aromatic heterocycles. The van der Waals surface area contributed by atoms with Gasteiger partial charge in [-0.25, -0.2) is 0 Å². The Morgan fingerprint density at radius 1 is 0.389 bits per heavy atom. The molecule has 19 N–H and O–H groups in total. The summed E-state index contributed by atoms with van der Waals surface area (Å²) in [4.78, 5) is 24.8. The van der Waals surface area contributed by atoms with Gasteiger partial charge in [0.25, 0.3) is 0 Å². The first-order valence-electron chi connectivity index (χ1n) is 23.0. The molecule has 418 valence electrons. The van der Waals surface area contributed by atoms with Crippen LogP contribution < -0.4 is 10.6 Å². The zero-order chi connectivity index (χ0) is 53.2. The topological polar surface area (TPSA) is 504 Å². The number of nitrogens with one attached hydrogen (secondary N) is 2. The second kappa shape index (κ2) is 25.3. The van der Waals surface area contributed by atoms with Crippen molar-refractivity contribution in [3.05, 3.63) is 0 Å². The summed E-state index contributed by atoms with van der Waals surface area (Å²) in [6, 6.07) is -3.37. The Kier molecular flexibility index (Phi) is 20.8. The smallest absolute Gasteiger partial charge is 0.217 e. The van der Waals surface area contributed by atoms with Crippen LogP contribution in [0.25, 0.3) is 0 Å². The summed E-state index contributed by atoms with van der Waals surface area (Å²) >= 11 is 0. The molecule has 2 amide bonds. The molecule has 1 unspecified atom stereocenters. The molecule has 0 saturated carbocycles. The molecule has 6 fully saturated rings. The van der Waals surface area contributed by atoms with Gasteiger partial charge >= 0.3 is 0 Å². The third kappa shape index (κ3) is 12.6. The minimum Gasteiger partial charge on any atom is -0.394 e. The number of aliphatic hydroxyl groups is 17. The van der Waals surface area contributed by atoms with E-state index in [1.54, 1.807) is 0 Å². The van der Waals surface area contributed by atoms with E-state index in [9.17, 15) is 96.4 Å². The Morgan fingerprint density at radius 3 is 1.40 bits per heavy atom. The van der Waals surface area contributed by atoms with Crippen LogP contribution in [0.1, 0.15) is 20.8 Å². The monoisotopic (exact) mass is 1060 g/mol. The highest BCUT2D eigenvalue weighted by Crippen LogP contribution is 2.36. The SMILES string of the molecule is CC(=O)N[C@H]1[C@H](O[C@H]2[C@H](O)[C@@H](NC(C)=O)C(O)O[C@@H]2CO[C@@H]2O[C@@H](C)[C@@H](O)[C@@H](O)[C@@H]2O)O[C@H](CO)[C@@H](O[C@@H]2O[C@H](CO)[C@@H](O)[C@H](O[C@H]3O[C@H](CO)[C@@H](O)[C@H](O)[C@@H]3O[C@H]3O[C@H](CO)[C@@H](O)[C@H](O)[C@@H]3O)[C@@H]2O)[C@@H]1O. The van der Waals surface area contributed by atoms with Gasteiger partial charge in [0.15, 0.2) is 37.7 Å². The number of amides is 2. The van der Waals surface area contributed by atoms with Crippen molar-refractivity contribution in [1.82, 2.24) is 10.6 Å². The van der Waals surface area contributed by atoms with Crippen molar-refractivity contribution in [2.45, 2.75) is 205 Å². The van der Waals surface area contributed by atoms with Crippen molar-refractivity contribution in [2.24, 2.45) is 0 Å². The van der Waals surface area contributed by atoms with E-state index in [0.717, 1.165) is 13.8 Å². The fraction of sp³-hybridized carbons (Fsp3) is 0.950. The lowest BCUT2D eigenvalue weighted by Gasteiger charge is -2.50. The van der Waals surface area contributed by atoms with Gasteiger partial charge in [-0.15, -0.1) is 0 Å². The van der Waals surface area contributed by atoms with Crippen molar-refractivity contribution < 1.29 is 149 Å². The first-order valence-corrected chi connectivity index (χ1v) is 23.0. The number of hydrogen-bond donors (Lipinski definition) is 19. The molecule has 0 spiro atoms. The maximum absolute atomic E-state index is 12.7. The molecule has 0 bridgehead atoms. The van der Waals surface area contributed by atoms with Gasteiger partial charge in [-0.1, -0.05) is 0 Å². The highest BCUT2D eigenvalue weighted by Gasteiger charge is 2.57. The summed E-state index contributed by atoms with van der Waals surface area (Å²) in [5.41, 5.74) is 0. The number of carbonyl (C=O) groups is 2. The summed E-state index contributed by atoms with van der Waals surface area (Å²) in [6.45, 7) is -1.21. The van der Waals surface area contributed by atoms with Crippen LogP contribution >= 0.6 is 0 Å². The van der Waals surface area contributed by atoms with E-state index in [2.05, 4.69) is 10.6 Å². The van der Waals surface area contributed by atoms with Crippen LogP contribution in [0.2, 0.25) is 0 Å². The fourth-order valence-electron chi connectivity index (χ4n) is 9.14. The van der Waals surface area contributed by atoms with E-state index in [-0.39, 0.29) is 0 Å². The van der Waals surface area contributed by atoms with Crippen LogP contribution in [0, 0.1) is 0 Å². The zero-order valence-electron chi connectivity index (χ0n) is 38.8. The number of hydrogen-bond acceptors (Lipinski definition) is 30. The molecule has 0 aromatic carbocycles. The molecule has 6 rings (SSSR count). The molecule has 32 heteroatoms. The van der Waals surface area contributed by atoms with Crippen LogP contribution in [0.4, 0.5) is 0 Å². The van der Waals surface area contributed by atoms with E-state index in [1.807, 2.05) is 0 Å². The average Bonchev–Trinajstić information content (AvgIpc) is 3.34. The number of aliphatic hydroxyl groups excluding tert-OH is 17. The Balaban J connectivity index is 1.23. The second-order valence-corrected chi connectivity index (χ2v) is 18.3. The lowest BCUT2D eigenvalue weighted by molar-refractivity contribution is -0.396. The van der Waals surface area contributed by atoms with Gasteiger partial charge in [-0.2, -0.15) is 0 Å². The van der Waals surface area contributed by atoms with Gasteiger partial charge in [0.2, 0.25) is 11.8 Å². The van der Waals surface area contributed by atoms with Crippen molar-refractivity contribution in [3.8, 4) is 0 Å². The first-order chi connectivity index (χ1) is 34.0. The minimum absolute atomic E-state index is 0.719. The van der Waals surface area contributed by atoms with E-state index in [4.69, 9.17) is 52.1 Å². The number of carbonyl (C=O) groups excluding carboxylic acids is 2. The van der Waals surface area contributed by atoms with Gasteiger partial charge in [0.1, 0.15) is 140 Å². The third-order valence-electron chi connectivity index (χ3n) is 13.2. The molecule has 30 atom stereocenters. The maximum atomic E-state index is 12.7. The lowest BCUT2D eigenvalue weighted by Crippen LogP contribution is -2.70. The predicted octanol–water partition coefficient (Wildman–Crippen LogP) is -12.8. The fourth-order valence-corrected chi connectivity index (χ4v) is 9.14. The van der Waals surface area contributed by atoms with Gasteiger partial charge in [0.05, 0.1) is 39.1 Å². The molecule has 0 radical (unpaired) electrons. The van der Waals surface area contributed by atoms with Crippen molar-refractivity contribution in [2.75, 3.05) is 33.0 Å². The normalized spacial score (nSPS) is 50.3. The Labute approximate surface area is 408 Å². The van der Waals surface area contributed by atoms with Crippen LogP contribution in [0.5, 0.6) is 0 Å². The summed E-state index contributed by atoms with van der Waals surface area (Å²) in [6.07, 6.45) is -51.8. The maximum Gasteiger partial charge on any atom is 0.217 e. The minimum atomic E-state index is -2.23. The van der Waals surface area contributed by atoms with Crippen molar-refractivity contribution in [3.63, 3.8) is 0 Å². The second-order valence-electron chi connectivity index (χ2n) is 18.3. The van der Waals surface area contributed by atoms with Crippen LogP contribution in [-0.2, 0) is 61.7 Å². The first kappa shape index (κ1) is 59.1. The summed E-state index contributed by atoms with van der Waals surface area (Å²) in [5, 5.41) is 187. The number of ether oxygens (including phenoxy) is 11. The van der Waals surface area contributed by atoms with Crippen molar-refractivity contribution >= 4 is 11.8 Å². The van der Waals surface area contributed by atoms with E-state index in [0.29, 0.717) is 0 Å². The largest absolute Gasteiger partial charge is 0.394 e. The molecule has 0 aromatic rings. The van der Waals surface area contributed by atoms with Gasteiger partial charge in [-0.05, 0) is 6.92 Å². The van der Waals surface area contributed by atoms with Gasteiger partial charge in [0, 0.05) is 13.8 Å². The van der Waals surface area contributed by atoms with Crippen LogP contribution in [0.3, 0.4) is 0 Å². The van der Waals surface area contributed by atoms with Crippen LogP contribution in [-0.4, -0.2) is 316 Å². The highest BCUT2D eigenvalue weighted by molar-refractivity contribution is 5.73. The molecule has 0 aliphatic carbocycles. The average molecular weight is 1060 g/mol. The summed E-state index contributed by atoms with van der Waals surface area (Å²) in [7, 11) is 0. The predicted molar refractivity (Wildman–Crippen MR) is 221 cm³/mol. The molecule has 6 aliphatic rings. The molecule has 6 saturated heterocycles. The molecule has 6 aliphatic heterocycles. The van der Waals surface area contributed by atoms with E-state index in [1.165, 1.54) is 6.92 Å². The standard InChI is InChI=1S/C40H68N2O30/c1-9-19(49)25(55)28(58)37(63-9)62-8-16-32(23(53)17(35(61)64-16)41-10(2)47)69-36-18(42-11(3)48)24(54)31(15(7-46)68-36)70-39-30(60)33(22(52)14(6-45)66-39)71-40-34(27(57)21(51)13(5-44)67-40)72-38-29(59)26(56)20(50)12(4-43)65-38/h9,12-40,43-46,49-61H,4-8H2,1-3H3,(H,41,47)(H,42,48)/t9-,12+,13+,14+,15+,16+,17+,18+,19+,20+,21+,22+,23+,24+,25+,26-,27-,28-,29-,30-,31+,32+,33-,34-,35?,36-,37+,38+,39-,40+/m0/s1. The molecular formula is C40H68N2O30. The summed E-state index contributed by atoms with van der Waals surface area (Å²) < 4.78 is 62.9. The molecule has 72 heavy (non-hydrogen) atoms. The summed E-state index contributed by atoms with van der Waals surface area (Å²) in [5.74, 6) is -1.58. The van der Waals surface area contributed by atoms with Gasteiger partial charge < -0.3 is 150 Å². The quantitative estimate of drug-likeness (QED) is 0.0643. The molecule has 6 heterocycles. The van der Waals surface area contributed by atoms with E-state index >= 15 is 0 Å². The molecule has 32 nitrogen and oxygen atoms in total. The molecular weight excluding hydrogens is 988 g/mol. The number of rotatable bonds is 17. The zero-order valence-corrected chi connectivity index (χ0v) is 38.8. The van der Waals surface area contributed by atoms with Gasteiger partial charge in [-0.3, -0.25) is 9.59 Å². The van der Waals surface area contributed by atoms with Crippen LogP contribution in [0.15, 0.2) is 0 Å². The lowest BCUT2D eigenvalue weighted by atomic mass is 9.94. The van der Waals surface area contributed by atoms with Crippen molar-refractivity contribution in [1.29, 1.82) is 0 Å². The Morgan fingerprint density at radius 2 is 0.819 bits per heavy atom.